The first-order valence-corrected chi connectivity index (χ1v) is 9.50. The molecule has 136 valence electrons. The standard InChI is InChI=1S/C16H17N5O3S2/c1-5-6-21-9(3)19-20-16(21)25-7-10-17-13(22)11-8(2)12(15(23)24-4)26-14(11)18-10/h5H,1,6-7H2,2-4H3,(H,17,18,22). The van der Waals surface area contributed by atoms with E-state index >= 15 is 0 Å². The highest BCUT2D eigenvalue weighted by Crippen LogP contribution is 2.28. The second kappa shape index (κ2) is 7.42. The summed E-state index contributed by atoms with van der Waals surface area (Å²) in [6.45, 7) is 7.93. The molecular weight excluding hydrogens is 374 g/mol. The van der Waals surface area contributed by atoms with E-state index in [0.29, 0.717) is 38.8 Å². The van der Waals surface area contributed by atoms with Crippen LogP contribution in [0.2, 0.25) is 0 Å². The van der Waals surface area contributed by atoms with Crippen molar-refractivity contribution in [3.05, 3.63) is 45.1 Å². The Morgan fingerprint density at radius 2 is 2.19 bits per heavy atom. The number of nitrogens with zero attached hydrogens (tertiary/aromatic N) is 4. The van der Waals surface area contributed by atoms with E-state index in [1.165, 1.54) is 18.9 Å². The molecule has 0 saturated carbocycles. The molecule has 3 heterocycles. The SMILES string of the molecule is C=CCn1c(C)nnc1SCc1nc2sc(C(=O)OC)c(C)c2c(=O)[nH]1. The molecule has 0 aliphatic heterocycles. The minimum Gasteiger partial charge on any atom is -0.465 e. The Kier molecular flexibility index (Phi) is 5.23. The monoisotopic (exact) mass is 391 g/mol. The predicted octanol–water partition coefficient (Wildman–Crippen LogP) is 2.46. The third-order valence-corrected chi connectivity index (χ3v) is 5.92. The van der Waals surface area contributed by atoms with Gasteiger partial charge in [-0.25, -0.2) is 9.78 Å². The number of carbonyl (C=O) groups excluding carboxylic acids is 1. The summed E-state index contributed by atoms with van der Waals surface area (Å²) < 4.78 is 6.69. The Bertz CT molecular complexity index is 1050. The number of thiophene rings is 1. The molecule has 0 saturated heterocycles. The summed E-state index contributed by atoms with van der Waals surface area (Å²) in [5.74, 6) is 1.26. The Balaban J connectivity index is 1.91. The lowest BCUT2D eigenvalue weighted by molar-refractivity contribution is 0.0605. The number of thioether (sulfide) groups is 1. The molecule has 0 unspecified atom stereocenters. The van der Waals surface area contributed by atoms with Crippen molar-refractivity contribution in [1.29, 1.82) is 0 Å². The van der Waals surface area contributed by atoms with Crippen molar-refractivity contribution in [2.75, 3.05) is 7.11 Å². The first-order valence-electron chi connectivity index (χ1n) is 7.70. The number of nitrogens with one attached hydrogen (secondary N) is 1. The van der Waals surface area contributed by atoms with Gasteiger partial charge < -0.3 is 14.3 Å². The molecule has 0 radical (unpaired) electrons. The van der Waals surface area contributed by atoms with Crippen LogP contribution in [0.15, 0.2) is 22.6 Å². The van der Waals surface area contributed by atoms with Gasteiger partial charge in [-0.05, 0) is 19.4 Å². The van der Waals surface area contributed by atoms with E-state index in [-0.39, 0.29) is 5.56 Å². The lowest BCUT2D eigenvalue weighted by Gasteiger charge is -2.05. The van der Waals surface area contributed by atoms with Gasteiger partial charge in [-0.15, -0.1) is 28.1 Å². The van der Waals surface area contributed by atoms with Crippen molar-refractivity contribution in [3.8, 4) is 0 Å². The fourth-order valence-corrected chi connectivity index (χ4v) is 4.47. The molecule has 0 spiro atoms. The number of fused-ring (bicyclic) bond motifs is 1. The van der Waals surface area contributed by atoms with E-state index in [0.717, 1.165) is 22.3 Å². The predicted molar refractivity (Wildman–Crippen MR) is 101 cm³/mol. The molecule has 0 amide bonds. The smallest absolute Gasteiger partial charge is 0.348 e. The fourth-order valence-electron chi connectivity index (χ4n) is 2.48. The first-order chi connectivity index (χ1) is 12.5. The van der Waals surface area contributed by atoms with Crippen LogP contribution in [-0.4, -0.2) is 37.8 Å². The Morgan fingerprint density at radius 1 is 1.42 bits per heavy atom. The van der Waals surface area contributed by atoms with Crippen molar-refractivity contribution in [1.82, 2.24) is 24.7 Å². The summed E-state index contributed by atoms with van der Waals surface area (Å²) in [6.07, 6.45) is 1.77. The number of allylic oxidation sites excluding steroid dienone is 1. The second-order valence-corrected chi connectivity index (χ2v) is 7.40. The highest BCUT2D eigenvalue weighted by Gasteiger charge is 2.20. The minimum atomic E-state index is -0.464. The second-order valence-electron chi connectivity index (χ2n) is 5.46. The van der Waals surface area contributed by atoms with Crippen LogP contribution in [0, 0.1) is 13.8 Å². The number of hydrogen-bond acceptors (Lipinski definition) is 8. The topological polar surface area (TPSA) is 103 Å². The lowest BCUT2D eigenvalue weighted by Crippen LogP contribution is -2.11. The summed E-state index contributed by atoms with van der Waals surface area (Å²) >= 11 is 2.58. The number of aromatic amines is 1. The van der Waals surface area contributed by atoms with Crippen LogP contribution in [0.5, 0.6) is 0 Å². The fraction of sp³-hybridized carbons (Fsp3) is 0.312. The highest BCUT2D eigenvalue weighted by molar-refractivity contribution is 7.98. The molecule has 0 aromatic carbocycles. The number of carbonyl (C=O) groups is 1. The molecular formula is C16H17N5O3S2. The normalized spacial score (nSPS) is 11.0. The summed E-state index contributed by atoms with van der Waals surface area (Å²) in [5, 5.41) is 9.35. The number of methoxy groups -OCH3 is 1. The van der Waals surface area contributed by atoms with Gasteiger partial charge in [0.2, 0.25) is 0 Å². The van der Waals surface area contributed by atoms with E-state index in [4.69, 9.17) is 4.74 Å². The van der Waals surface area contributed by atoms with Crippen molar-refractivity contribution < 1.29 is 9.53 Å². The number of esters is 1. The Labute approximate surface area is 157 Å². The van der Waals surface area contributed by atoms with E-state index in [9.17, 15) is 9.59 Å². The quantitative estimate of drug-likeness (QED) is 0.391. The molecule has 0 atom stereocenters. The van der Waals surface area contributed by atoms with Gasteiger partial charge in [0.15, 0.2) is 5.16 Å². The number of rotatable bonds is 6. The van der Waals surface area contributed by atoms with Crippen LogP contribution >= 0.6 is 23.1 Å². The first kappa shape index (κ1) is 18.3. The molecule has 0 fully saturated rings. The molecule has 1 N–H and O–H groups in total. The molecule has 3 aromatic heterocycles. The van der Waals surface area contributed by atoms with E-state index < -0.39 is 5.97 Å². The van der Waals surface area contributed by atoms with Gasteiger partial charge in [-0.2, -0.15) is 0 Å². The zero-order chi connectivity index (χ0) is 18.8. The molecule has 26 heavy (non-hydrogen) atoms. The van der Waals surface area contributed by atoms with Gasteiger partial charge in [0.1, 0.15) is 21.4 Å². The lowest BCUT2D eigenvalue weighted by atomic mass is 10.2. The maximum Gasteiger partial charge on any atom is 0.348 e. The Morgan fingerprint density at radius 3 is 2.88 bits per heavy atom. The molecule has 0 aliphatic rings. The number of ether oxygens (including phenoxy) is 1. The van der Waals surface area contributed by atoms with Crippen molar-refractivity contribution in [3.63, 3.8) is 0 Å². The van der Waals surface area contributed by atoms with Crippen molar-refractivity contribution in [2.45, 2.75) is 31.3 Å². The number of aromatic nitrogens is 5. The van der Waals surface area contributed by atoms with Gasteiger partial charge >= 0.3 is 5.97 Å². The van der Waals surface area contributed by atoms with Crippen molar-refractivity contribution >= 4 is 39.3 Å². The van der Waals surface area contributed by atoms with Gasteiger partial charge in [0.25, 0.3) is 5.56 Å². The number of hydrogen-bond donors (Lipinski definition) is 1. The largest absolute Gasteiger partial charge is 0.465 e. The van der Waals surface area contributed by atoms with Crippen LogP contribution in [0.3, 0.4) is 0 Å². The molecule has 3 rings (SSSR count). The zero-order valence-corrected chi connectivity index (χ0v) is 16.2. The third kappa shape index (κ3) is 3.29. The number of aryl methyl sites for hydroxylation is 2. The maximum atomic E-state index is 12.4. The average molecular weight is 391 g/mol. The van der Waals surface area contributed by atoms with Gasteiger partial charge in [-0.1, -0.05) is 17.8 Å². The minimum absolute atomic E-state index is 0.266. The van der Waals surface area contributed by atoms with Crippen LogP contribution in [0.1, 0.15) is 26.9 Å². The molecule has 0 bridgehead atoms. The molecule has 10 heteroatoms. The summed E-state index contributed by atoms with van der Waals surface area (Å²) in [7, 11) is 1.31. The zero-order valence-electron chi connectivity index (χ0n) is 14.5. The summed E-state index contributed by atoms with van der Waals surface area (Å²) in [5.41, 5.74) is 0.324. The Hall–Kier alpha value is -2.46. The molecule has 3 aromatic rings. The van der Waals surface area contributed by atoms with E-state index in [1.807, 2.05) is 11.5 Å². The van der Waals surface area contributed by atoms with Gasteiger partial charge in [-0.3, -0.25) is 4.79 Å². The summed E-state index contributed by atoms with van der Waals surface area (Å²) in [6, 6.07) is 0. The maximum absolute atomic E-state index is 12.4. The van der Waals surface area contributed by atoms with Crippen LogP contribution in [-0.2, 0) is 17.0 Å². The van der Waals surface area contributed by atoms with E-state index in [1.54, 1.807) is 13.0 Å². The van der Waals surface area contributed by atoms with E-state index in [2.05, 4.69) is 26.7 Å². The van der Waals surface area contributed by atoms with Crippen molar-refractivity contribution in [2.24, 2.45) is 0 Å². The molecule has 0 aliphatic carbocycles. The highest BCUT2D eigenvalue weighted by atomic mass is 32.2. The average Bonchev–Trinajstić information content (AvgIpc) is 3.14. The number of H-pyrrole nitrogens is 1. The summed E-state index contributed by atoms with van der Waals surface area (Å²) in [4.78, 5) is 32.4. The van der Waals surface area contributed by atoms with Gasteiger partial charge in [0.05, 0.1) is 18.2 Å². The molecule has 8 nitrogen and oxygen atoms in total. The van der Waals surface area contributed by atoms with Crippen LogP contribution in [0.4, 0.5) is 0 Å². The third-order valence-electron chi connectivity index (χ3n) is 3.77. The van der Waals surface area contributed by atoms with Crippen LogP contribution in [0.25, 0.3) is 10.2 Å². The van der Waals surface area contributed by atoms with Gasteiger partial charge in [0, 0.05) is 6.54 Å². The van der Waals surface area contributed by atoms with Crippen LogP contribution < -0.4 is 5.56 Å².